The molecule has 2 rings (SSSR count). The van der Waals surface area contributed by atoms with E-state index in [0.717, 1.165) is 6.07 Å². The van der Waals surface area contributed by atoms with E-state index in [1.165, 1.54) is 26.4 Å². The van der Waals surface area contributed by atoms with Gasteiger partial charge in [-0.3, -0.25) is 20.2 Å². The number of aromatic nitrogens is 3. The van der Waals surface area contributed by atoms with Gasteiger partial charge in [0.2, 0.25) is 5.95 Å². The molecule has 2 N–H and O–H groups in total. The largest absolute Gasteiger partial charge is 0.496 e. The van der Waals surface area contributed by atoms with Crippen LogP contribution in [-0.2, 0) is 0 Å². The lowest BCUT2D eigenvalue weighted by atomic mass is 10.1. The molecule has 0 unspecified atom stereocenters. The van der Waals surface area contributed by atoms with Crippen molar-refractivity contribution >= 4 is 17.5 Å². The number of hydrogen-bond acceptors (Lipinski definition) is 7. The molecule has 0 fully saturated rings. The standard InChI is InChI=1S/C11H11N5O5/c1-20-8-4-3-6(16(18)19)5-7(8)9(17)12-10-13-11(21-2)15-14-10/h3-5H,1-2H3,(H2,12,13,14,15,17). The fourth-order valence-electron chi connectivity index (χ4n) is 1.56. The zero-order chi connectivity index (χ0) is 15.4. The fraction of sp³-hybridized carbons (Fsp3) is 0.182. The molecule has 1 aromatic carbocycles. The number of nitrogens with one attached hydrogen (secondary N) is 2. The van der Waals surface area contributed by atoms with Gasteiger partial charge in [0.15, 0.2) is 0 Å². The van der Waals surface area contributed by atoms with Gasteiger partial charge in [-0.2, -0.15) is 4.98 Å². The van der Waals surface area contributed by atoms with Gasteiger partial charge in [-0.05, 0) is 6.07 Å². The first-order valence-corrected chi connectivity index (χ1v) is 5.65. The molecule has 1 aromatic heterocycles. The molecule has 2 aromatic rings. The van der Waals surface area contributed by atoms with Gasteiger partial charge in [0.1, 0.15) is 5.75 Å². The number of non-ortho nitro benzene ring substituents is 1. The number of aromatic amines is 1. The highest BCUT2D eigenvalue weighted by Gasteiger charge is 2.18. The predicted molar refractivity (Wildman–Crippen MR) is 70.5 cm³/mol. The summed E-state index contributed by atoms with van der Waals surface area (Å²) in [6, 6.07) is 3.75. The van der Waals surface area contributed by atoms with E-state index in [1.54, 1.807) is 0 Å². The van der Waals surface area contributed by atoms with E-state index in [-0.39, 0.29) is 29.0 Å². The highest BCUT2D eigenvalue weighted by Crippen LogP contribution is 2.24. The summed E-state index contributed by atoms with van der Waals surface area (Å²) in [6.07, 6.45) is 0. The Hall–Kier alpha value is -3.17. The van der Waals surface area contributed by atoms with Crippen LogP contribution in [0.3, 0.4) is 0 Å². The van der Waals surface area contributed by atoms with Crippen LogP contribution in [0.15, 0.2) is 18.2 Å². The molecule has 10 nitrogen and oxygen atoms in total. The summed E-state index contributed by atoms with van der Waals surface area (Å²) in [6.45, 7) is 0. The second-order valence-corrected chi connectivity index (χ2v) is 3.77. The Kier molecular flexibility index (Phi) is 3.97. The quantitative estimate of drug-likeness (QED) is 0.620. The Bertz CT molecular complexity index is 683. The number of amides is 1. The van der Waals surface area contributed by atoms with Gasteiger partial charge < -0.3 is 9.47 Å². The van der Waals surface area contributed by atoms with Crippen molar-refractivity contribution < 1.29 is 19.2 Å². The lowest BCUT2D eigenvalue weighted by molar-refractivity contribution is -0.384. The normalized spacial score (nSPS) is 10.0. The van der Waals surface area contributed by atoms with E-state index in [1.807, 2.05) is 0 Å². The molecule has 0 aliphatic rings. The number of carbonyl (C=O) groups is 1. The minimum Gasteiger partial charge on any atom is -0.496 e. The number of H-pyrrole nitrogens is 1. The Morgan fingerprint density at radius 1 is 1.38 bits per heavy atom. The maximum Gasteiger partial charge on any atom is 0.336 e. The van der Waals surface area contributed by atoms with Gasteiger partial charge in [0.25, 0.3) is 11.6 Å². The molecule has 0 aliphatic carbocycles. The van der Waals surface area contributed by atoms with Crippen LogP contribution in [0.25, 0.3) is 0 Å². The van der Waals surface area contributed by atoms with Crippen LogP contribution >= 0.6 is 0 Å². The number of methoxy groups -OCH3 is 2. The SMILES string of the molecule is COc1n[nH]c(NC(=O)c2cc([N+](=O)[O-])ccc2OC)n1. The number of hydrogen-bond donors (Lipinski definition) is 2. The van der Waals surface area contributed by atoms with Crippen molar-refractivity contribution in [1.29, 1.82) is 0 Å². The number of anilines is 1. The third-order valence-electron chi connectivity index (χ3n) is 2.52. The topological polar surface area (TPSA) is 132 Å². The van der Waals surface area contributed by atoms with Gasteiger partial charge >= 0.3 is 6.01 Å². The Labute approximate surface area is 118 Å². The van der Waals surface area contributed by atoms with Gasteiger partial charge in [-0.25, -0.2) is 5.10 Å². The zero-order valence-corrected chi connectivity index (χ0v) is 11.1. The van der Waals surface area contributed by atoms with Crippen molar-refractivity contribution in [3.8, 4) is 11.8 Å². The number of rotatable bonds is 5. The monoisotopic (exact) mass is 293 g/mol. The number of benzene rings is 1. The van der Waals surface area contributed by atoms with Crippen molar-refractivity contribution in [2.45, 2.75) is 0 Å². The molecule has 10 heteroatoms. The Morgan fingerprint density at radius 3 is 2.71 bits per heavy atom. The van der Waals surface area contributed by atoms with Gasteiger partial charge in [-0.1, -0.05) is 0 Å². The van der Waals surface area contributed by atoms with E-state index in [0.29, 0.717) is 0 Å². The van der Waals surface area contributed by atoms with Crippen LogP contribution in [-0.4, -0.2) is 40.2 Å². The molecule has 0 aliphatic heterocycles. The molecule has 1 heterocycles. The summed E-state index contributed by atoms with van der Waals surface area (Å²) >= 11 is 0. The van der Waals surface area contributed by atoms with E-state index in [2.05, 4.69) is 20.5 Å². The number of ether oxygens (including phenoxy) is 2. The average molecular weight is 293 g/mol. The second-order valence-electron chi connectivity index (χ2n) is 3.77. The van der Waals surface area contributed by atoms with Crippen LogP contribution in [0, 0.1) is 10.1 Å². The molecule has 21 heavy (non-hydrogen) atoms. The maximum atomic E-state index is 12.1. The lowest BCUT2D eigenvalue weighted by Gasteiger charge is -2.07. The highest BCUT2D eigenvalue weighted by atomic mass is 16.6. The van der Waals surface area contributed by atoms with E-state index < -0.39 is 10.8 Å². The summed E-state index contributed by atoms with van der Waals surface area (Å²) in [4.78, 5) is 26.1. The molecular formula is C11H11N5O5. The number of nitro groups is 1. The number of nitro benzene ring substituents is 1. The summed E-state index contributed by atoms with van der Waals surface area (Å²) < 4.78 is 9.77. The van der Waals surface area contributed by atoms with Crippen molar-refractivity contribution in [1.82, 2.24) is 15.2 Å². The van der Waals surface area contributed by atoms with Crippen LogP contribution in [0.1, 0.15) is 10.4 Å². The first kappa shape index (κ1) is 14.2. The number of nitrogens with zero attached hydrogens (tertiary/aromatic N) is 3. The average Bonchev–Trinajstić information content (AvgIpc) is 2.94. The summed E-state index contributed by atoms with van der Waals surface area (Å²) in [5.41, 5.74) is -0.224. The van der Waals surface area contributed by atoms with Gasteiger partial charge in [0.05, 0.1) is 24.7 Å². The highest BCUT2D eigenvalue weighted by molar-refractivity contribution is 6.05. The first-order valence-electron chi connectivity index (χ1n) is 5.65. The first-order chi connectivity index (χ1) is 10.0. The van der Waals surface area contributed by atoms with Gasteiger partial charge in [-0.15, -0.1) is 5.10 Å². The van der Waals surface area contributed by atoms with E-state index in [9.17, 15) is 14.9 Å². The molecule has 1 amide bonds. The molecule has 0 bridgehead atoms. The van der Waals surface area contributed by atoms with E-state index >= 15 is 0 Å². The minimum atomic E-state index is -0.630. The molecule has 0 spiro atoms. The van der Waals surface area contributed by atoms with Crippen LogP contribution in [0.2, 0.25) is 0 Å². The van der Waals surface area contributed by atoms with E-state index in [4.69, 9.17) is 9.47 Å². The van der Waals surface area contributed by atoms with Gasteiger partial charge in [0, 0.05) is 12.1 Å². The minimum absolute atomic E-state index is 0.00191. The van der Waals surface area contributed by atoms with Crippen molar-refractivity contribution in [2.75, 3.05) is 19.5 Å². The molecular weight excluding hydrogens is 282 g/mol. The lowest BCUT2D eigenvalue weighted by Crippen LogP contribution is -2.14. The molecule has 0 radical (unpaired) electrons. The Morgan fingerprint density at radius 2 is 2.14 bits per heavy atom. The van der Waals surface area contributed by atoms with Crippen LogP contribution in [0.5, 0.6) is 11.8 Å². The smallest absolute Gasteiger partial charge is 0.336 e. The Balaban J connectivity index is 2.28. The molecule has 0 saturated carbocycles. The van der Waals surface area contributed by atoms with Crippen LogP contribution < -0.4 is 14.8 Å². The molecule has 0 atom stereocenters. The second kappa shape index (κ2) is 5.86. The predicted octanol–water partition coefficient (Wildman–Crippen LogP) is 0.982. The van der Waals surface area contributed by atoms with Crippen molar-refractivity contribution in [2.24, 2.45) is 0 Å². The zero-order valence-electron chi connectivity index (χ0n) is 11.1. The summed E-state index contributed by atoms with van der Waals surface area (Å²) in [5, 5.41) is 19.3. The maximum absolute atomic E-state index is 12.1. The molecule has 110 valence electrons. The third-order valence-corrected chi connectivity index (χ3v) is 2.52. The molecule has 0 saturated heterocycles. The van der Waals surface area contributed by atoms with Crippen LogP contribution in [0.4, 0.5) is 11.6 Å². The van der Waals surface area contributed by atoms with Crippen molar-refractivity contribution in [3.63, 3.8) is 0 Å². The number of carbonyl (C=O) groups excluding carboxylic acids is 1. The fourth-order valence-corrected chi connectivity index (χ4v) is 1.56. The third kappa shape index (κ3) is 3.05. The summed E-state index contributed by atoms with van der Waals surface area (Å²) in [7, 11) is 2.73. The van der Waals surface area contributed by atoms with Crippen molar-refractivity contribution in [3.05, 3.63) is 33.9 Å². The summed E-state index contributed by atoms with van der Waals surface area (Å²) in [5.74, 6) is -0.385.